The van der Waals surface area contributed by atoms with Crippen molar-refractivity contribution in [1.82, 2.24) is 0 Å². The molecule has 3 fully saturated rings. The maximum atomic E-state index is 12.4. The molecule has 25 heavy (non-hydrogen) atoms. The molecule has 1 aromatic rings. The van der Waals surface area contributed by atoms with E-state index in [2.05, 4.69) is 12.2 Å². The van der Waals surface area contributed by atoms with E-state index >= 15 is 0 Å². The van der Waals surface area contributed by atoms with Gasteiger partial charge in [0.25, 0.3) is 0 Å². The van der Waals surface area contributed by atoms with E-state index in [1.807, 2.05) is 30.3 Å². The van der Waals surface area contributed by atoms with Crippen LogP contribution in [-0.2, 0) is 23.7 Å². The first-order valence-corrected chi connectivity index (χ1v) is 8.93. The maximum Gasteiger partial charge on any atom is 0.184 e. The average Bonchev–Trinajstić information content (AvgIpc) is 3.28. The fourth-order valence-corrected chi connectivity index (χ4v) is 5.38. The smallest absolute Gasteiger partial charge is 0.184 e. The highest BCUT2D eigenvalue weighted by Gasteiger charge is 2.68. The Kier molecular flexibility index (Phi) is 3.61. The zero-order chi connectivity index (χ0) is 17.0. The van der Waals surface area contributed by atoms with Crippen LogP contribution in [0.1, 0.15) is 18.3 Å². The van der Waals surface area contributed by atoms with Gasteiger partial charge in [-0.3, -0.25) is 0 Å². The molecule has 8 atom stereocenters. The minimum atomic E-state index is -0.597. The summed E-state index contributed by atoms with van der Waals surface area (Å²) in [5, 5.41) is 0. The molecule has 1 aromatic carbocycles. The standard InChI is InChI=1S/C20H22O5/c1-22-19-16-13-7-8-14(9-13)20(16,11-21)17-15(24-19)10-23-18(25-17)12-5-3-2-4-6-12/h2-8,11,13-19H,9-10H2,1H3/t13?,14?,15-,16-,17-,18-,19+,20-/m1/s1. The highest BCUT2D eigenvalue weighted by atomic mass is 16.7. The summed E-state index contributed by atoms with van der Waals surface area (Å²) in [5.74, 6) is 0.493. The molecule has 0 spiro atoms. The third-order valence-corrected chi connectivity index (χ3v) is 6.42. The molecule has 0 amide bonds. The zero-order valence-electron chi connectivity index (χ0n) is 14.1. The summed E-state index contributed by atoms with van der Waals surface area (Å²) in [6, 6.07) is 9.86. The van der Waals surface area contributed by atoms with Gasteiger partial charge in [-0.15, -0.1) is 0 Å². The largest absolute Gasteiger partial charge is 0.356 e. The molecule has 0 aromatic heterocycles. The summed E-state index contributed by atoms with van der Waals surface area (Å²) in [5.41, 5.74) is 0.367. The summed E-state index contributed by atoms with van der Waals surface area (Å²) >= 11 is 0. The van der Waals surface area contributed by atoms with Gasteiger partial charge in [0.15, 0.2) is 12.6 Å². The van der Waals surface area contributed by atoms with E-state index in [1.165, 1.54) is 0 Å². The monoisotopic (exact) mass is 342 g/mol. The Morgan fingerprint density at radius 2 is 2.04 bits per heavy atom. The number of carbonyl (C=O) groups excluding carboxylic acids is 1. The van der Waals surface area contributed by atoms with Gasteiger partial charge in [0.05, 0.1) is 12.0 Å². The third kappa shape index (κ3) is 2.07. The van der Waals surface area contributed by atoms with Crippen LogP contribution in [0, 0.1) is 23.2 Å². The lowest BCUT2D eigenvalue weighted by Gasteiger charge is -2.54. The van der Waals surface area contributed by atoms with Crippen molar-refractivity contribution in [3.63, 3.8) is 0 Å². The van der Waals surface area contributed by atoms with Gasteiger partial charge in [0.1, 0.15) is 18.5 Å². The van der Waals surface area contributed by atoms with Crippen LogP contribution in [-0.4, -0.2) is 38.5 Å². The molecule has 5 heteroatoms. The highest BCUT2D eigenvalue weighted by molar-refractivity contribution is 5.65. The van der Waals surface area contributed by atoms with Crippen molar-refractivity contribution in [3.05, 3.63) is 48.0 Å². The summed E-state index contributed by atoms with van der Waals surface area (Å²) in [6.45, 7) is 0.396. The first-order valence-electron chi connectivity index (χ1n) is 8.93. The van der Waals surface area contributed by atoms with Crippen molar-refractivity contribution in [2.24, 2.45) is 23.2 Å². The number of hydrogen-bond donors (Lipinski definition) is 0. The number of fused-ring (bicyclic) bond motifs is 7. The number of ether oxygens (including phenoxy) is 4. The zero-order valence-corrected chi connectivity index (χ0v) is 14.1. The molecule has 0 radical (unpaired) electrons. The second-order valence-electron chi connectivity index (χ2n) is 7.45. The number of rotatable bonds is 3. The van der Waals surface area contributed by atoms with Crippen LogP contribution in [0.15, 0.2) is 42.5 Å². The van der Waals surface area contributed by atoms with Crippen molar-refractivity contribution in [2.45, 2.75) is 31.2 Å². The second-order valence-corrected chi connectivity index (χ2v) is 7.45. The Hall–Kier alpha value is -1.53. The average molecular weight is 342 g/mol. The lowest BCUT2D eigenvalue weighted by atomic mass is 9.62. The number of methoxy groups -OCH3 is 1. The van der Waals surface area contributed by atoms with Crippen molar-refractivity contribution in [2.75, 3.05) is 13.7 Å². The molecule has 5 nitrogen and oxygen atoms in total. The van der Waals surface area contributed by atoms with Gasteiger partial charge in [-0.2, -0.15) is 0 Å². The van der Waals surface area contributed by atoms with E-state index in [0.717, 1.165) is 18.3 Å². The number of allylic oxidation sites excluding steroid dienone is 2. The highest BCUT2D eigenvalue weighted by Crippen LogP contribution is 2.63. The van der Waals surface area contributed by atoms with Gasteiger partial charge < -0.3 is 23.7 Å². The van der Waals surface area contributed by atoms with E-state index in [9.17, 15) is 4.79 Å². The molecule has 2 aliphatic carbocycles. The Balaban J connectivity index is 1.53. The summed E-state index contributed by atoms with van der Waals surface area (Å²) in [7, 11) is 1.65. The number of hydrogen-bond acceptors (Lipinski definition) is 5. The lowest BCUT2D eigenvalue weighted by Crippen LogP contribution is -2.65. The molecule has 4 aliphatic rings. The SMILES string of the molecule is CO[C@H]1O[C@@H]2CO[C@@H](c3ccccc3)O[C@H]2[C@]2(C=O)C3C=CC(C3)[C@H]12. The number of carbonyl (C=O) groups is 1. The van der Waals surface area contributed by atoms with E-state index < -0.39 is 18.0 Å². The van der Waals surface area contributed by atoms with E-state index in [1.54, 1.807) is 7.11 Å². The summed E-state index contributed by atoms with van der Waals surface area (Å²) < 4.78 is 24.0. The van der Waals surface area contributed by atoms with Gasteiger partial charge in [0, 0.05) is 18.6 Å². The van der Waals surface area contributed by atoms with Crippen molar-refractivity contribution < 1.29 is 23.7 Å². The summed E-state index contributed by atoms with van der Waals surface area (Å²) in [4.78, 5) is 12.4. The lowest BCUT2D eigenvalue weighted by molar-refractivity contribution is -0.357. The Morgan fingerprint density at radius 1 is 1.20 bits per heavy atom. The van der Waals surface area contributed by atoms with Gasteiger partial charge in [-0.05, 0) is 18.3 Å². The van der Waals surface area contributed by atoms with Crippen LogP contribution in [0.2, 0.25) is 0 Å². The molecule has 2 aliphatic heterocycles. The maximum absolute atomic E-state index is 12.4. The number of aldehydes is 1. The minimum absolute atomic E-state index is 0.000716. The van der Waals surface area contributed by atoms with Crippen LogP contribution in [0.3, 0.4) is 0 Å². The van der Waals surface area contributed by atoms with Crippen LogP contribution >= 0.6 is 0 Å². The van der Waals surface area contributed by atoms with E-state index in [-0.39, 0.29) is 24.0 Å². The van der Waals surface area contributed by atoms with Gasteiger partial charge in [-0.1, -0.05) is 42.5 Å². The van der Waals surface area contributed by atoms with Gasteiger partial charge >= 0.3 is 0 Å². The van der Waals surface area contributed by atoms with E-state index in [0.29, 0.717) is 12.5 Å². The van der Waals surface area contributed by atoms with Crippen molar-refractivity contribution in [3.8, 4) is 0 Å². The second kappa shape index (κ2) is 5.74. The molecule has 2 heterocycles. The normalized spacial score (nSPS) is 47.3. The molecular formula is C20H22O5. The van der Waals surface area contributed by atoms with Gasteiger partial charge in [-0.25, -0.2) is 0 Å². The fourth-order valence-electron chi connectivity index (χ4n) is 5.38. The minimum Gasteiger partial charge on any atom is -0.356 e. The fraction of sp³-hybridized carbons (Fsp3) is 0.550. The van der Waals surface area contributed by atoms with Crippen LogP contribution in [0.5, 0.6) is 0 Å². The van der Waals surface area contributed by atoms with E-state index in [4.69, 9.17) is 18.9 Å². The van der Waals surface area contributed by atoms with Crippen LogP contribution in [0.4, 0.5) is 0 Å². The van der Waals surface area contributed by atoms with Crippen LogP contribution in [0.25, 0.3) is 0 Å². The van der Waals surface area contributed by atoms with Crippen molar-refractivity contribution >= 4 is 6.29 Å². The molecule has 0 N–H and O–H groups in total. The first kappa shape index (κ1) is 15.7. The molecule has 2 unspecified atom stereocenters. The molecule has 132 valence electrons. The Bertz CT molecular complexity index is 689. The molecule has 5 rings (SSSR count). The molecule has 2 saturated heterocycles. The molecular weight excluding hydrogens is 320 g/mol. The summed E-state index contributed by atoms with van der Waals surface area (Å²) in [6.07, 6.45) is 5.00. The topological polar surface area (TPSA) is 54.0 Å². The quantitative estimate of drug-likeness (QED) is 0.624. The van der Waals surface area contributed by atoms with Crippen molar-refractivity contribution in [1.29, 1.82) is 0 Å². The van der Waals surface area contributed by atoms with Gasteiger partial charge in [0.2, 0.25) is 0 Å². The first-order chi connectivity index (χ1) is 12.3. The molecule has 1 saturated carbocycles. The van der Waals surface area contributed by atoms with Crippen LogP contribution < -0.4 is 0 Å². The predicted molar refractivity (Wildman–Crippen MR) is 88.4 cm³/mol. The third-order valence-electron chi connectivity index (χ3n) is 6.42. The molecule has 2 bridgehead atoms. The predicted octanol–water partition coefficient (Wildman–Crippen LogP) is 2.48. The number of benzene rings is 1. The Morgan fingerprint density at radius 3 is 2.80 bits per heavy atom. The Labute approximate surface area is 146 Å².